The molecular weight excluding hydrogens is 372 g/mol. The van der Waals surface area contributed by atoms with Gasteiger partial charge in [0.05, 0.1) is 6.10 Å². The maximum atomic E-state index is 7.33. The Morgan fingerprint density at radius 2 is 1.55 bits per heavy atom. The monoisotopic (exact) mass is 408 g/mol. The van der Waals surface area contributed by atoms with Gasteiger partial charge in [0.1, 0.15) is 0 Å². The van der Waals surface area contributed by atoms with Crippen LogP contribution in [-0.4, -0.2) is 51.5 Å². The Kier molecular flexibility index (Phi) is 6.26. The molecule has 0 aliphatic carbocycles. The third kappa shape index (κ3) is 4.22. The predicted molar refractivity (Wildman–Crippen MR) is 125 cm³/mol. The van der Waals surface area contributed by atoms with Crippen molar-refractivity contribution in [3.05, 3.63) is 60.7 Å². The standard InChI is InChI=1S/C25H36N2OSi/c1-25(2,3)29(23-12-6-4-7-13-23,24-14-8-5-9-15-24)28-22-16-18-27(20-22)21-11-10-17-26-19-21/h4-9,12-15,21-22,26H,10-11,16-20H2,1-3H3/t21-,22?/m0/s1. The Bertz CT molecular complexity index is 729. The highest BCUT2D eigenvalue weighted by molar-refractivity contribution is 6.99. The van der Waals surface area contributed by atoms with Crippen LogP contribution in [0.25, 0.3) is 0 Å². The van der Waals surface area contributed by atoms with E-state index in [0.29, 0.717) is 12.1 Å². The first-order valence-corrected chi connectivity index (χ1v) is 13.2. The Hall–Kier alpha value is -1.46. The Balaban J connectivity index is 1.66. The van der Waals surface area contributed by atoms with E-state index in [9.17, 15) is 0 Å². The summed E-state index contributed by atoms with van der Waals surface area (Å²) >= 11 is 0. The van der Waals surface area contributed by atoms with Crippen LogP contribution in [0.3, 0.4) is 0 Å². The predicted octanol–water partition coefficient (Wildman–Crippen LogP) is 3.39. The molecule has 0 amide bonds. The number of hydrogen-bond acceptors (Lipinski definition) is 3. The van der Waals surface area contributed by atoms with Crippen molar-refractivity contribution in [3.8, 4) is 0 Å². The van der Waals surface area contributed by atoms with Crippen molar-refractivity contribution in [3.63, 3.8) is 0 Å². The van der Waals surface area contributed by atoms with E-state index in [-0.39, 0.29) is 5.04 Å². The molecule has 0 bridgehead atoms. The van der Waals surface area contributed by atoms with Crippen LogP contribution in [0, 0.1) is 0 Å². The lowest BCUT2D eigenvalue weighted by Crippen LogP contribution is -2.67. The van der Waals surface area contributed by atoms with Crippen LogP contribution in [0.4, 0.5) is 0 Å². The topological polar surface area (TPSA) is 24.5 Å². The summed E-state index contributed by atoms with van der Waals surface area (Å²) < 4.78 is 7.33. The molecule has 0 aromatic heterocycles. The van der Waals surface area contributed by atoms with Gasteiger partial charge in [-0.3, -0.25) is 4.90 Å². The molecular formula is C25H36N2OSi. The van der Waals surface area contributed by atoms with E-state index < -0.39 is 8.32 Å². The Morgan fingerprint density at radius 3 is 2.07 bits per heavy atom. The molecule has 0 radical (unpaired) electrons. The molecule has 1 N–H and O–H groups in total. The number of piperidine rings is 1. The van der Waals surface area contributed by atoms with Crippen molar-refractivity contribution in [2.75, 3.05) is 26.2 Å². The Morgan fingerprint density at radius 1 is 0.931 bits per heavy atom. The fourth-order valence-corrected chi connectivity index (χ4v) is 9.98. The van der Waals surface area contributed by atoms with Crippen molar-refractivity contribution in [2.24, 2.45) is 0 Å². The summed E-state index contributed by atoms with van der Waals surface area (Å²) in [5.41, 5.74) is 0. The van der Waals surface area contributed by atoms with E-state index in [1.807, 2.05) is 0 Å². The number of nitrogens with one attached hydrogen (secondary N) is 1. The Labute approximate surface area is 177 Å². The van der Waals surface area contributed by atoms with E-state index in [1.54, 1.807) is 0 Å². The van der Waals surface area contributed by atoms with Gasteiger partial charge < -0.3 is 9.74 Å². The maximum absolute atomic E-state index is 7.33. The number of nitrogens with zero attached hydrogens (tertiary/aromatic N) is 1. The van der Waals surface area contributed by atoms with Crippen LogP contribution in [0.15, 0.2) is 60.7 Å². The summed E-state index contributed by atoms with van der Waals surface area (Å²) in [6.45, 7) is 11.6. The summed E-state index contributed by atoms with van der Waals surface area (Å²) in [6.07, 6.45) is 4.06. The fourth-order valence-electron chi connectivity index (χ4n) is 5.27. The number of rotatable bonds is 5. The second-order valence-electron chi connectivity index (χ2n) is 9.69. The molecule has 2 aromatic carbocycles. The normalized spacial score (nSPS) is 24.0. The van der Waals surface area contributed by atoms with E-state index in [4.69, 9.17) is 4.43 Å². The van der Waals surface area contributed by atoms with Gasteiger partial charge in [0.2, 0.25) is 0 Å². The third-order valence-corrected chi connectivity index (χ3v) is 11.8. The lowest BCUT2D eigenvalue weighted by molar-refractivity contribution is 0.155. The molecule has 29 heavy (non-hydrogen) atoms. The van der Waals surface area contributed by atoms with Crippen molar-refractivity contribution >= 4 is 18.7 Å². The SMILES string of the molecule is CC(C)(C)[Si](OC1CCN([C@H]2CCCNC2)C1)(c1ccccc1)c1ccccc1. The van der Waals surface area contributed by atoms with Crippen LogP contribution in [0.1, 0.15) is 40.0 Å². The number of hydrogen-bond donors (Lipinski definition) is 1. The van der Waals surface area contributed by atoms with E-state index in [1.165, 1.54) is 29.8 Å². The molecule has 0 saturated carbocycles. The number of likely N-dealkylation sites (tertiary alicyclic amines) is 1. The van der Waals surface area contributed by atoms with Gasteiger partial charge in [-0.05, 0) is 41.2 Å². The van der Waals surface area contributed by atoms with Gasteiger partial charge >= 0.3 is 0 Å². The summed E-state index contributed by atoms with van der Waals surface area (Å²) in [4.78, 5) is 2.68. The molecule has 2 aliphatic heterocycles. The van der Waals surface area contributed by atoms with Gasteiger partial charge in [-0.15, -0.1) is 0 Å². The minimum Gasteiger partial charge on any atom is -0.403 e. The number of benzene rings is 2. The molecule has 2 aliphatic rings. The molecule has 1 unspecified atom stereocenters. The lowest BCUT2D eigenvalue weighted by Gasteiger charge is -2.44. The largest absolute Gasteiger partial charge is 0.403 e. The molecule has 2 saturated heterocycles. The molecule has 156 valence electrons. The van der Waals surface area contributed by atoms with E-state index in [2.05, 4.69) is 91.7 Å². The highest BCUT2D eigenvalue weighted by atomic mass is 28.4. The van der Waals surface area contributed by atoms with Gasteiger partial charge in [0.15, 0.2) is 0 Å². The lowest BCUT2D eigenvalue weighted by atomic mass is 10.1. The van der Waals surface area contributed by atoms with Crippen molar-refractivity contribution in [2.45, 2.75) is 57.2 Å². The summed E-state index contributed by atoms with van der Waals surface area (Å²) in [5, 5.41) is 6.40. The first kappa shape index (κ1) is 20.8. The van der Waals surface area contributed by atoms with E-state index >= 15 is 0 Å². The first-order chi connectivity index (χ1) is 14.0. The molecule has 0 spiro atoms. The molecule has 2 aromatic rings. The second kappa shape index (κ2) is 8.72. The van der Waals surface area contributed by atoms with Gasteiger partial charge in [-0.1, -0.05) is 81.4 Å². The van der Waals surface area contributed by atoms with Crippen LogP contribution >= 0.6 is 0 Å². The van der Waals surface area contributed by atoms with Crippen molar-refractivity contribution in [1.29, 1.82) is 0 Å². The van der Waals surface area contributed by atoms with Gasteiger partial charge in [0, 0.05) is 25.7 Å². The molecule has 2 atom stereocenters. The highest BCUT2D eigenvalue weighted by Crippen LogP contribution is 2.38. The van der Waals surface area contributed by atoms with Crippen molar-refractivity contribution < 1.29 is 4.43 Å². The van der Waals surface area contributed by atoms with Gasteiger partial charge in [-0.2, -0.15) is 0 Å². The zero-order valence-corrected chi connectivity index (χ0v) is 19.2. The summed E-state index contributed by atoms with van der Waals surface area (Å²) in [6, 6.07) is 22.8. The third-order valence-electron chi connectivity index (χ3n) is 6.72. The van der Waals surface area contributed by atoms with Crippen LogP contribution in [0.2, 0.25) is 5.04 Å². The molecule has 3 nitrogen and oxygen atoms in total. The molecule has 2 heterocycles. The summed E-state index contributed by atoms with van der Waals surface area (Å²) in [5.74, 6) is 0. The minimum absolute atomic E-state index is 0.0511. The zero-order chi connectivity index (χ0) is 20.3. The van der Waals surface area contributed by atoms with Crippen LogP contribution < -0.4 is 15.7 Å². The molecule has 4 heteroatoms. The van der Waals surface area contributed by atoms with Crippen molar-refractivity contribution in [1.82, 2.24) is 10.2 Å². The average Bonchev–Trinajstić information content (AvgIpc) is 3.22. The zero-order valence-electron chi connectivity index (χ0n) is 18.2. The van der Waals surface area contributed by atoms with Crippen LogP contribution in [-0.2, 0) is 4.43 Å². The van der Waals surface area contributed by atoms with Crippen LogP contribution in [0.5, 0.6) is 0 Å². The highest BCUT2D eigenvalue weighted by Gasteiger charge is 2.52. The quantitative estimate of drug-likeness (QED) is 0.768. The minimum atomic E-state index is -2.44. The molecule has 4 rings (SSSR count). The fraction of sp³-hybridized carbons (Fsp3) is 0.520. The maximum Gasteiger partial charge on any atom is 0.261 e. The van der Waals surface area contributed by atoms with E-state index in [0.717, 1.165) is 26.1 Å². The molecule has 2 fully saturated rings. The summed E-state index contributed by atoms with van der Waals surface area (Å²) in [7, 11) is -2.44. The first-order valence-electron chi connectivity index (χ1n) is 11.2. The average molecular weight is 409 g/mol. The van der Waals surface area contributed by atoms with Gasteiger partial charge in [0.25, 0.3) is 8.32 Å². The smallest absolute Gasteiger partial charge is 0.261 e. The second-order valence-corrected chi connectivity index (χ2v) is 13.9. The van der Waals surface area contributed by atoms with Gasteiger partial charge in [-0.25, -0.2) is 0 Å².